The Morgan fingerprint density at radius 1 is 1.00 bits per heavy atom. The van der Waals surface area contributed by atoms with E-state index in [0.29, 0.717) is 22.6 Å². The molecule has 1 N–H and O–H groups in total. The number of hydrogen-bond acceptors (Lipinski definition) is 1. The van der Waals surface area contributed by atoms with Gasteiger partial charge in [-0.1, -0.05) is 23.7 Å². The zero-order valence-electron chi connectivity index (χ0n) is 9.91. The minimum atomic E-state index is -0.922. The normalized spacial score (nSPS) is 21.5. The van der Waals surface area contributed by atoms with Gasteiger partial charge in [0.2, 0.25) is 0 Å². The molecular weight excluding hydrogens is 270 g/mol. The molecule has 0 amide bonds. The van der Waals surface area contributed by atoms with Crippen molar-refractivity contribution < 1.29 is 13.9 Å². The number of aliphatic hydroxyl groups excluding tert-OH is 1. The van der Waals surface area contributed by atoms with Crippen molar-refractivity contribution in [2.24, 2.45) is 0 Å². The van der Waals surface area contributed by atoms with Crippen LogP contribution in [0.1, 0.15) is 35.1 Å². The van der Waals surface area contributed by atoms with E-state index in [2.05, 4.69) is 0 Å². The minimum Gasteiger partial charge on any atom is -0.388 e. The van der Waals surface area contributed by atoms with Crippen molar-refractivity contribution in [2.45, 2.75) is 18.4 Å². The molecule has 0 aliphatic heterocycles. The number of rotatable bonds is 1. The van der Waals surface area contributed by atoms with Gasteiger partial charge in [-0.05, 0) is 47.4 Å². The molecule has 0 fully saturated rings. The molecule has 2 aromatic rings. The number of halogens is 3. The third-order valence-corrected chi connectivity index (χ3v) is 3.84. The van der Waals surface area contributed by atoms with E-state index in [0.717, 1.165) is 11.6 Å². The summed E-state index contributed by atoms with van der Waals surface area (Å²) in [7, 11) is 0. The Bertz CT molecular complexity index is 625. The largest absolute Gasteiger partial charge is 0.388 e. The molecule has 0 radical (unpaired) electrons. The summed E-state index contributed by atoms with van der Waals surface area (Å²) < 4.78 is 26.6. The van der Waals surface area contributed by atoms with Crippen LogP contribution in [0.5, 0.6) is 0 Å². The van der Waals surface area contributed by atoms with Gasteiger partial charge >= 0.3 is 0 Å². The Morgan fingerprint density at radius 2 is 1.58 bits per heavy atom. The SMILES string of the molecule is O[C@H]1C[C@H](c2ccc(Cl)cc2)c2cc(F)c(F)cc21. The highest BCUT2D eigenvalue weighted by molar-refractivity contribution is 6.30. The highest BCUT2D eigenvalue weighted by atomic mass is 35.5. The first-order valence-corrected chi connectivity index (χ1v) is 6.36. The molecule has 0 saturated heterocycles. The number of fused-ring (bicyclic) bond motifs is 1. The second-order valence-corrected chi connectivity index (χ2v) is 5.19. The third kappa shape index (κ3) is 2.13. The lowest BCUT2D eigenvalue weighted by molar-refractivity contribution is 0.176. The second-order valence-electron chi connectivity index (χ2n) is 4.75. The maximum absolute atomic E-state index is 13.4. The van der Waals surface area contributed by atoms with Gasteiger partial charge in [-0.15, -0.1) is 0 Å². The van der Waals surface area contributed by atoms with Crippen molar-refractivity contribution in [3.63, 3.8) is 0 Å². The maximum atomic E-state index is 13.4. The van der Waals surface area contributed by atoms with Gasteiger partial charge in [-0.3, -0.25) is 0 Å². The number of aliphatic hydroxyl groups is 1. The summed E-state index contributed by atoms with van der Waals surface area (Å²) in [5.74, 6) is -1.93. The van der Waals surface area contributed by atoms with Crippen molar-refractivity contribution in [3.05, 3.63) is 69.7 Å². The molecular formula is C15H11ClF2O. The molecule has 0 aromatic heterocycles. The van der Waals surface area contributed by atoms with Gasteiger partial charge in [-0.25, -0.2) is 8.78 Å². The Morgan fingerprint density at radius 3 is 2.21 bits per heavy atom. The molecule has 0 unspecified atom stereocenters. The Balaban J connectivity index is 2.08. The first-order valence-electron chi connectivity index (χ1n) is 5.98. The topological polar surface area (TPSA) is 20.2 Å². The van der Waals surface area contributed by atoms with E-state index in [9.17, 15) is 13.9 Å². The molecule has 19 heavy (non-hydrogen) atoms. The Kier molecular flexibility index (Phi) is 3.03. The van der Waals surface area contributed by atoms with Gasteiger partial charge in [-0.2, -0.15) is 0 Å². The highest BCUT2D eigenvalue weighted by Gasteiger charge is 2.32. The van der Waals surface area contributed by atoms with Crippen molar-refractivity contribution >= 4 is 11.6 Å². The predicted octanol–water partition coefficient (Wildman–Crippen LogP) is 4.19. The summed E-state index contributed by atoms with van der Waals surface area (Å²) in [6.45, 7) is 0. The molecule has 3 rings (SSSR count). The third-order valence-electron chi connectivity index (χ3n) is 3.59. The summed E-state index contributed by atoms with van der Waals surface area (Å²) in [5, 5.41) is 10.6. The van der Waals surface area contributed by atoms with E-state index in [1.54, 1.807) is 12.1 Å². The van der Waals surface area contributed by atoms with E-state index < -0.39 is 17.7 Å². The van der Waals surface area contributed by atoms with Crippen molar-refractivity contribution in [3.8, 4) is 0 Å². The van der Waals surface area contributed by atoms with Crippen LogP contribution in [0.3, 0.4) is 0 Å². The van der Waals surface area contributed by atoms with Crippen molar-refractivity contribution in [1.29, 1.82) is 0 Å². The van der Waals surface area contributed by atoms with E-state index >= 15 is 0 Å². The zero-order valence-corrected chi connectivity index (χ0v) is 10.7. The second kappa shape index (κ2) is 4.58. The molecule has 98 valence electrons. The summed E-state index contributed by atoms with van der Waals surface area (Å²) in [4.78, 5) is 0. The molecule has 1 aliphatic rings. The molecule has 0 bridgehead atoms. The first-order chi connectivity index (χ1) is 9.06. The van der Waals surface area contributed by atoms with Crippen LogP contribution in [-0.2, 0) is 0 Å². The van der Waals surface area contributed by atoms with E-state index in [1.165, 1.54) is 6.07 Å². The minimum absolute atomic E-state index is 0.127. The average molecular weight is 281 g/mol. The molecule has 1 nitrogen and oxygen atoms in total. The predicted molar refractivity (Wildman–Crippen MR) is 69.2 cm³/mol. The Labute approximate surface area is 114 Å². The van der Waals surface area contributed by atoms with Gasteiger partial charge in [0.15, 0.2) is 11.6 Å². The summed E-state index contributed by atoms with van der Waals surface area (Å²) in [5.41, 5.74) is 2.06. The summed E-state index contributed by atoms with van der Waals surface area (Å²) in [6.07, 6.45) is -0.328. The molecule has 2 atom stereocenters. The van der Waals surface area contributed by atoms with Crippen LogP contribution in [0.15, 0.2) is 36.4 Å². The Hall–Kier alpha value is -1.45. The fourth-order valence-corrected chi connectivity index (χ4v) is 2.78. The van der Waals surface area contributed by atoms with Crippen LogP contribution in [0.2, 0.25) is 5.02 Å². The lowest BCUT2D eigenvalue weighted by atomic mass is 9.93. The van der Waals surface area contributed by atoms with Crippen LogP contribution >= 0.6 is 11.6 Å². The summed E-state index contributed by atoms with van der Waals surface area (Å²) in [6, 6.07) is 9.46. The standard InChI is InChI=1S/C15H11ClF2O/c16-9-3-1-8(2-4-9)10-7-15(19)12-6-14(18)13(17)5-11(10)12/h1-6,10,15,19H,7H2/t10-,15+/m1/s1. The molecule has 4 heteroatoms. The molecule has 0 heterocycles. The van der Waals surface area contributed by atoms with E-state index in [-0.39, 0.29) is 5.92 Å². The first kappa shape index (κ1) is 12.6. The molecule has 2 aromatic carbocycles. The van der Waals surface area contributed by atoms with Crippen LogP contribution in [-0.4, -0.2) is 5.11 Å². The van der Waals surface area contributed by atoms with Gasteiger partial charge in [0.25, 0.3) is 0 Å². The monoisotopic (exact) mass is 280 g/mol. The van der Waals surface area contributed by atoms with Gasteiger partial charge < -0.3 is 5.11 Å². The smallest absolute Gasteiger partial charge is 0.159 e. The average Bonchev–Trinajstić information content (AvgIpc) is 2.69. The molecule has 1 aliphatic carbocycles. The fraction of sp³-hybridized carbons (Fsp3) is 0.200. The maximum Gasteiger partial charge on any atom is 0.159 e. The highest BCUT2D eigenvalue weighted by Crippen LogP contribution is 2.44. The number of hydrogen-bond donors (Lipinski definition) is 1. The zero-order chi connectivity index (χ0) is 13.6. The van der Waals surface area contributed by atoms with Crippen molar-refractivity contribution in [2.75, 3.05) is 0 Å². The quantitative estimate of drug-likeness (QED) is 0.830. The molecule has 0 saturated carbocycles. The fourth-order valence-electron chi connectivity index (χ4n) is 2.66. The van der Waals surface area contributed by atoms with Crippen LogP contribution < -0.4 is 0 Å². The van der Waals surface area contributed by atoms with Crippen molar-refractivity contribution in [1.82, 2.24) is 0 Å². The van der Waals surface area contributed by atoms with Crippen LogP contribution in [0.25, 0.3) is 0 Å². The lowest BCUT2D eigenvalue weighted by Gasteiger charge is -2.12. The lowest BCUT2D eigenvalue weighted by Crippen LogP contribution is -1.97. The summed E-state index contributed by atoms with van der Waals surface area (Å²) >= 11 is 5.83. The van der Waals surface area contributed by atoms with E-state index in [1.807, 2.05) is 12.1 Å². The van der Waals surface area contributed by atoms with Crippen LogP contribution in [0.4, 0.5) is 8.78 Å². The van der Waals surface area contributed by atoms with Gasteiger partial charge in [0.1, 0.15) is 0 Å². The van der Waals surface area contributed by atoms with Gasteiger partial charge in [0.05, 0.1) is 6.10 Å². The number of benzene rings is 2. The van der Waals surface area contributed by atoms with E-state index in [4.69, 9.17) is 11.6 Å². The van der Waals surface area contributed by atoms with Crippen LogP contribution in [0, 0.1) is 11.6 Å². The molecule has 0 spiro atoms. The van der Waals surface area contributed by atoms with Gasteiger partial charge in [0, 0.05) is 10.9 Å².